The van der Waals surface area contributed by atoms with Crippen LogP contribution in [0.1, 0.15) is 33.4 Å². The molecule has 1 aromatic heterocycles. The minimum atomic E-state index is -0.314. The fraction of sp³-hybridized carbons (Fsp3) is 0.438. The third-order valence-corrected chi connectivity index (χ3v) is 4.41. The Hall–Kier alpha value is -1.39. The Balaban J connectivity index is 1.98. The average Bonchev–Trinajstić information content (AvgIpc) is 2.58. The highest BCUT2D eigenvalue weighted by molar-refractivity contribution is 6.62. The van der Waals surface area contributed by atoms with E-state index in [4.69, 9.17) is 9.31 Å². The Morgan fingerprint density at radius 1 is 0.950 bits per heavy atom. The number of rotatable bonds is 1. The van der Waals surface area contributed by atoms with Crippen molar-refractivity contribution < 1.29 is 9.31 Å². The number of hydrogen-bond donors (Lipinski definition) is 0. The molecule has 0 bridgehead atoms. The second kappa shape index (κ2) is 4.30. The molecule has 2 aromatic rings. The van der Waals surface area contributed by atoms with Crippen LogP contribution in [0.25, 0.3) is 10.8 Å². The lowest BCUT2D eigenvalue weighted by atomic mass is 9.78. The summed E-state index contributed by atoms with van der Waals surface area (Å²) in [6, 6.07) is 8.36. The van der Waals surface area contributed by atoms with Crippen LogP contribution in [0.5, 0.6) is 0 Å². The van der Waals surface area contributed by atoms with E-state index < -0.39 is 0 Å². The topological polar surface area (TPSA) is 31.4 Å². The van der Waals surface area contributed by atoms with Crippen LogP contribution in [-0.2, 0) is 9.31 Å². The van der Waals surface area contributed by atoms with E-state index in [0.29, 0.717) is 0 Å². The van der Waals surface area contributed by atoms with Crippen molar-refractivity contribution >= 4 is 23.4 Å². The summed E-state index contributed by atoms with van der Waals surface area (Å²) < 4.78 is 12.2. The van der Waals surface area contributed by atoms with Crippen molar-refractivity contribution in [1.29, 1.82) is 0 Å². The predicted octanol–water partition coefficient (Wildman–Crippen LogP) is 2.84. The maximum atomic E-state index is 6.08. The zero-order valence-corrected chi connectivity index (χ0v) is 12.7. The first-order valence-electron chi connectivity index (χ1n) is 7.00. The predicted molar refractivity (Wildman–Crippen MR) is 82.2 cm³/mol. The standard InChI is InChI=1S/C16H20BNO2/c1-11-8-12-6-7-14(9-13(12)10-18-11)17-19-15(2,3)16(4,5)20-17/h6-10H,1-5H3. The molecule has 1 aliphatic rings. The van der Waals surface area contributed by atoms with Crippen molar-refractivity contribution in [3.05, 3.63) is 36.2 Å². The SMILES string of the molecule is Cc1cc2ccc(B3OC(C)(C)C(C)(C)O3)cc2cn1. The molecule has 1 aromatic carbocycles. The fourth-order valence-corrected chi connectivity index (χ4v) is 2.40. The summed E-state index contributed by atoms with van der Waals surface area (Å²) in [5.41, 5.74) is 1.46. The molecule has 20 heavy (non-hydrogen) atoms. The molecule has 0 amide bonds. The molecule has 0 saturated carbocycles. The van der Waals surface area contributed by atoms with Crippen molar-refractivity contribution in [2.45, 2.75) is 45.8 Å². The maximum absolute atomic E-state index is 6.08. The van der Waals surface area contributed by atoms with Crippen LogP contribution in [0.15, 0.2) is 30.5 Å². The minimum absolute atomic E-state index is 0.307. The summed E-state index contributed by atoms with van der Waals surface area (Å²) in [5.74, 6) is 0. The van der Waals surface area contributed by atoms with Crippen LogP contribution in [0.4, 0.5) is 0 Å². The van der Waals surface area contributed by atoms with E-state index >= 15 is 0 Å². The highest BCUT2D eigenvalue weighted by Crippen LogP contribution is 2.36. The third-order valence-electron chi connectivity index (χ3n) is 4.41. The normalized spacial score (nSPS) is 20.6. The molecule has 0 radical (unpaired) electrons. The van der Waals surface area contributed by atoms with Gasteiger partial charge in [0.05, 0.1) is 11.2 Å². The lowest BCUT2D eigenvalue weighted by Gasteiger charge is -2.32. The molecule has 0 aliphatic carbocycles. The van der Waals surface area contributed by atoms with Gasteiger partial charge in [0.1, 0.15) is 0 Å². The van der Waals surface area contributed by atoms with Crippen LogP contribution < -0.4 is 5.46 Å². The molecule has 1 saturated heterocycles. The second-order valence-corrected chi connectivity index (χ2v) is 6.52. The molecule has 0 atom stereocenters. The monoisotopic (exact) mass is 269 g/mol. The van der Waals surface area contributed by atoms with Crippen LogP contribution in [0.3, 0.4) is 0 Å². The molecule has 0 spiro atoms. The van der Waals surface area contributed by atoms with E-state index in [0.717, 1.165) is 16.5 Å². The molecule has 0 N–H and O–H groups in total. The first-order valence-corrected chi connectivity index (χ1v) is 7.00. The van der Waals surface area contributed by atoms with Gasteiger partial charge in [-0.3, -0.25) is 4.98 Å². The van der Waals surface area contributed by atoms with Gasteiger partial charge >= 0.3 is 7.12 Å². The summed E-state index contributed by atoms with van der Waals surface area (Å²) >= 11 is 0. The van der Waals surface area contributed by atoms with E-state index in [2.05, 4.69) is 56.9 Å². The summed E-state index contributed by atoms with van der Waals surface area (Å²) in [6.07, 6.45) is 1.90. The molecule has 4 heteroatoms. The zero-order chi connectivity index (χ0) is 14.5. The van der Waals surface area contributed by atoms with Gasteiger partial charge in [-0.2, -0.15) is 0 Å². The Morgan fingerprint density at radius 2 is 1.60 bits per heavy atom. The minimum Gasteiger partial charge on any atom is -0.399 e. The lowest BCUT2D eigenvalue weighted by Crippen LogP contribution is -2.41. The summed E-state index contributed by atoms with van der Waals surface area (Å²) in [7, 11) is -0.314. The summed E-state index contributed by atoms with van der Waals surface area (Å²) in [5, 5.41) is 2.31. The third kappa shape index (κ3) is 2.13. The largest absolute Gasteiger partial charge is 0.494 e. The van der Waals surface area contributed by atoms with Gasteiger partial charge in [0.15, 0.2) is 0 Å². The van der Waals surface area contributed by atoms with Crippen LogP contribution in [0.2, 0.25) is 0 Å². The number of nitrogens with zero attached hydrogens (tertiary/aromatic N) is 1. The van der Waals surface area contributed by atoms with Crippen molar-refractivity contribution in [3.63, 3.8) is 0 Å². The first-order chi connectivity index (χ1) is 9.28. The van der Waals surface area contributed by atoms with Gasteiger partial charge in [-0.15, -0.1) is 0 Å². The van der Waals surface area contributed by atoms with Gasteiger partial charge in [-0.25, -0.2) is 0 Å². The van der Waals surface area contributed by atoms with Crippen molar-refractivity contribution in [2.24, 2.45) is 0 Å². The second-order valence-electron chi connectivity index (χ2n) is 6.52. The molecule has 104 valence electrons. The Labute approximate surface area is 120 Å². The molecule has 1 fully saturated rings. The quantitative estimate of drug-likeness (QED) is 0.746. The fourth-order valence-electron chi connectivity index (χ4n) is 2.40. The molecule has 1 aliphatic heterocycles. The number of aromatic nitrogens is 1. The number of pyridine rings is 1. The van der Waals surface area contributed by atoms with Gasteiger partial charge in [-0.1, -0.05) is 18.2 Å². The number of benzene rings is 1. The highest BCUT2D eigenvalue weighted by Gasteiger charge is 2.51. The van der Waals surface area contributed by atoms with Gasteiger partial charge in [0.2, 0.25) is 0 Å². The molecule has 3 rings (SSSR count). The molecule has 3 nitrogen and oxygen atoms in total. The summed E-state index contributed by atoms with van der Waals surface area (Å²) in [6.45, 7) is 10.3. The zero-order valence-electron chi connectivity index (χ0n) is 12.7. The van der Waals surface area contributed by atoms with Crippen LogP contribution >= 0.6 is 0 Å². The Bertz CT molecular complexity index is 651. The smallest absolute Gasteiger partial charge is 0.399 e. The highest BCUT2D eigenvalue weighted by atomic mass is 16.7. The van der Waals surface area contributed by atoms with Crippen molar-refractivity contribution in [2.75, 3.05) is 0 Å². The van der Waals surface area contributed by atoms with Gasteiger partial charge in [-0.05, 0) is 56.9 Å². The van der Waals surface area contributed by atoms with E-state index in [9.17, 15) is 0 Å². The maximum Gasteiger partial charge on any atom is 0.494 e. The van der Waals surface area contributed by atoms with E-state index in [1.165, 1.54) is 5.39 Å². The van der Waals surface area contributed by atoms with Crippen LogP contribution in [-0.4, -0.2) is 23.3 Å². The van der Waals surface area contributed by atoms with E-state index in [1.54, 1.807) is 0 Å². The lowest BCUT2D eigenvalue weighted by molar-refractivity contribution is 0.00578. The van der Waals surface area contributed by atoms with Crippen LogP contribution in [0, 0.1) is 6.92 Å². The summed E-state index contributed by atoms with van der Waals surface area (Å²) in [4.78, 5) is 4.35. The van der Waals surface area contributed by atoms with Crippen molar-refractivity contribution in [3.8, 4) is 0 Å². The van der Waals surface area contributed by atoms with Gasteiger partial charge in [0, 0.05) is 11.9 Å². The van der Waals surface area contributed by atoms with Gasteiger partial charge in [0.25, 0.3) is 0 Å². The Kier molecular flexibility index (Phi) is 2.92. The average molecular weight is 269 g/mol. The van der Waals surface area contributed by atoms with Crippen molar-refractivity contribution in [1.82, 2.24) is 4.98 Å². The number of aryl methyl sites for hydroxylation is 1. The first kappa shape index (κ1) is 13.6. The molecule has 2 heterocycles. The Morgan fingerprint density at radius 3 is 2.25 bits per heavy atom. The van der Waals surface area contributed by atoms with E-state index in [1.807, 2.05) is 13.1 Å². The number of fused-ring (bicyclic) bond motifs is 1. The van der Waals surface area contributed by atoms with Gasteiger partial charge < -0.3 is 9.31 Å². The number of hydrogen-bond acceptors (Lipinski definition) is 3. The molecular weight excluding hydrogens is 249 g/mol. The van der Waals surface area contributed by atoms with E-state index in [-0.39, 0.29) is 18.3 Å². The molecular formula is C16H20BNO2. The molecule has 0 unspecified atom stereocenters.